The summed E-state index contributed by atoms with van der Waals surface area (Å²) in [6, 6.07) is 12.3. The predicted octanol–water partition coefficient (Wildman–Crippen LogP) is 4.15. The Morgan fingerprint density at radius 1 is 1.11 bits per heavy atom. The molecule has 0 unspecified atom stereocenters. The molecule has 0 saturated carbocycles. The van der Waals surface area contributed by atoms with Gasteiger partial charge in [-0.2, -0.15) is 13.2 Å². The minimum atomic E-state index is -4.36. The van der Waals surface area contributed by atoms with Gasteiger partial charge in [-0.3, -0.25) is 4.79 Å². The van der Waals surface area contributed by atoms with Gasteiger partial charge >= 0.3 is 6.18 Å². The van der Waals surface area contributed by atoms with Gasteiger partial charge in [0.25, 0.3) is 0 Å². The Morgan fingerprint density at radius 2 is 1.82 bits per heavy atom. The predicted molar refractivity (Wildman–Crippen MR) is 96.0 cm³/mol. The fraction of sp³-hybridized carbons (Fsp3) is 0.150. The second-order valence-corrected chi connectivity index (χ2v) is 5.95. The molecule has 5 nitrogen and oxygen atoms in total. The number of carbonyl (C=O) groups is 1. The van der Waals surface area contributed by atoms with Crippen LogP contribution >= 0.6 is 0 Å². The van der Waals surface area contributed by atoms with Gasteiger partial charge in [0.2, 0.25) is 17.7 Å². The van der Waals surface area contributed by atoms with E-state index in [1.165, 1.54) is 12.1 Å². The van der Waals surface area contributed by atoms with Gasteiger partial charge in [0, 0.05) is 5.56 Å². The van der Waals surface area contributed by atoms with E-state index in [2.05, 4.69) is 22.1 Å². The first-order chi connectivity index (χ1) is 13.4. The molecule has 144 valence electrons. The van der Waals surface area contributed by atoms with Crippen LogP contribution in [-0.2, 0) is 23.9 Å². The van der Waals surface area contributed by atoms with Crippen LogP contribution in [-0.4, -0.2) is 16.1 Å². The third-order valence-electron chi connectivity index (χ3n) is 3.99. The van der Waals surface area contributed by atoms with Gasteiger partial charge in [-0.05, 0) is 41.8 Å². The number of nitrogens with zero attached hydrogens (tertiary/aromatic N) is 2. The molecule has 8 heteroatoms. The second-order valence-electron chi connectivity index (χ2n) is 5.95. The van der Waals surface area contributed by atoms with Gasteiger partial charge in [0.1, 0.15) is 0 Å². The molecule has 2 aromatic carbocycles. The number of benzene rings is 2. The van der Waals surface area contributed by atoms with Crippen molar-refractivity contribution in [2.24, 2.45) is 0 Å². The van der Waals surface area contributed by atoms with Crippen molar-refractivity contribution < 1.29 is 22.4 Å². The lowest BCUT2D eigenvalue weighted by Gasteiger charge is -2.09. The van der Waals surface area contributed by atoms with Gasteiger partial charge < -0.3 is 9.73 Å². The molecule has 0 radical (unpaired) electrons. The third kappa shape index (κ3) is 4.64. The summed E-state index contributed by atoms with van der Waals surface area (Å²) >= 11 is 0. The summed E-state index contributed by atoms with van der Waals surface area (Å²) in [6.07, 6.45) is -2.83. The molecule has 3 rings (SSSR count). The normalized spacial score (nSPS) is 11.2. The summed E-state index contributed by atoms with van der Waals surface area (Å²) in [5, 5.41) is 10.4. The van der Waals surface area contributed by atoms with E-state index in [-0.39, 0.29) is 24.2 Å². The maximum atomic E-state index is 12.7. The van der Waals surface area contributed by atoms with Crippen LogP contribution in [0, 0.1) is 0 Å². The number of carbonyl (C=O) groups excluding carboxylic acids is 1. The molecule has 0 atom stereocenters. The van der Waals surface area contributed by atoms with E-state index in [0.29, 0.717) is 12.0 Å². The summed E-state index contributed by atoms with van der Waals surface area (Å²) in [6.45, 7) is 3.42. The van der Waals surface area contributed by atoms with Gasteiger partial charge in [-0.15, -0.1) is 10.2 Å². The van der Waals surface area contributed by atoms with Crippen molar-refractivity contribution in [1.82, 2.24) is 15.5 Å². The van der Waals surface area contributed by atoms with E-state index in [0.717, 1.165) is 29.3 Å². The SMILES string of the molecule is C=CC(=O)NCc1nnc(-c2ccccc2Cc2ccc(C(F)(F)F)cc2)o1. The first-order valence-corrected chi connectivity index (χ1v) is 8.34. The minimum absolute atomic E-state index is 0.0684. The average molecular weight is 387 g/mol. The second kappa shape index (κ2) is 8.08. The molecule has 1 amide bonds. The van der Waals surface area contributed by atoms with E-state index in [4.69, 9.17) is 4.42 Å². The van der Waals surface area contributed by atoms with E-state index in [1.54, 1.807) is 12.1 Å². The monoisotopic (exact) mass is 387 g/mol. The molecule has 1 aromatic heterocycles. The zero-order valence-corrected chi connectivity index (χ0v) is 14.7. The van der Waals surface area contributed by atoms with Crippen molar-refractivity contribution in [2.75, 3.05) is 0 Å². The van der Waals surface area contributed by atoms with Crippen LogP contribution in [0.15, 0.2) is 65.6 Å². The van der Waals surface area contributed by atoms with Crippen LogP contribution in [0.1, 0.15) is 22.6 Å². The summed E-state index contributed by atoms with van der Waals surface area (Å²) in [5.41, 5.74) is 1.54. The number of hydrogen-bond acceptors (Lipinski definition) is 4. The smallest absolute Gasteiger partial charge is 0.416 e. The molecule has 0 aliphatic carbocycles. The molecule has 0 bridgehead atoms. The van der Waals surface area contributed by atoms with Crippen molar-refractivity contribution in [1.29, 1.82) is 0 Å². The zero-order chi connectivity index (χ0) is 20.1. The summed E-state index contributed by atoms with van der Waals surface area (Å²) in [5.74, 6) is 0.141. The fourth-order valence-electron chi connectivity index (χ4n) is 2.58. The Labute approximate surface area is 158 Å². The van der Waals surface area contributed by atoms with E-state index in [1.807, 2.05) is 12.1 Å². The van der Waals surface area contributed by atoms with Crippen LogP contribution in [0.2, 0.25) is 0 Å². The van der Waals surface area contributed by atoms with Crippen LogP contribution in [0.25, 0.3) is 11.5 Å². The number of nitrogens with one attached hydrogen (secondary N) is 1. The Bertz CT molecular complexity index is 979. The first-order valence-electron chi connectivity index (χ1n) is 8.34. The highest BCUT2D eigenvalue weighted by Gasteiger charge is 2.29. The minimum Gasteiger partial charge on any atom is -0.419 e. The van der Waals surface area contributed by atoms with Crippen molar-refractivity contribution in [3.63, 3.8) is 0 Å². The van der Waals surface area contributed by atoms with E-state index in [9.17, 15) is 18.0 Å². The molecule has 28 heavy (non-hydrogen) atoms. The Hall–Kier alpha value is -3.42. The van der Waals surface area contributed by atoms with E-state index < -0.39 is 11.7 Å². The number of hydrogen-bond donors (Lipinski definition) is 1. The standard InChI is InChI=1S/C20H16F3N3O2/c1-2-17(27)24-12-18-25-26-19(28-18)16-6-4-3-5-14(16)11-13-7-9-15(10-8-13)20(21,22)23/h2-10H,1,11-12H2,(H,24,27). The van der Waals surface area contributed by atoms with Crippen LogP contribution < -0.4 is 5.32 Å². The van der Waals surface area contributed by atoms with Gasteiger partial charge in [-0.1, -0.05) is 36.9 Å². The summed E-state index contributed by atoms with van der Waals surface area (Å²) in [7, 11) is 0. The molecule has 3 aromatic rings. The van der Waals surface area contributed by atoms with Crippen molar-refractivity contribution in [3.8, 4) is 11.5 Å². The van der Waals surface area contributed by atoms with Crippen molar-refractivity contribution in [3.05, 3.63) is 83.8 Å². The number of alkyl halides is 3. The Balaban J connectivity index is 1.79. The van der Waals surface area contributed by atoms with Crippen LogP contribution in [0.4, 0.5) is 13.2 Å². The average Bonchev–Trinajstić information content (AvgIpc) is 3.15. The lowest BCUT2D eigenvalue weighted by atomic mass is 9.99. The van der Waals surface area contributed by atoms with E-state index >= 15 is 0 Å². The molecule has 0 fully saturated rings. The molecule has 0 aliphatic heterocycles. The van der Waals surface area contributed by atoms with Crippen LogP contribution in [0.3, 0.4) is 0 Å². The summed E-state index contributed by atoms with van der Waals surface area (Å²) < 4.78 is 43.7. The van der Waals surface area contributed by atoms with Crippen LogP contribution in [0.5, 0.6) is 0 Å². The lowest BCUT2D eigenvalue weighted by molar-refractivity contribution is -0.137. The topological polar surface area (TPSA) is 68.0 Å². The maximum Gasteiger partial charge on any atom is 0.416 e. The van der Waals surface area contributed by atoms with Gasteiger partial charge in [0.15, 0.2) is 0 Å². The highest BCUT2D eigenvalue weighted by molar-refractivity contribution is 5.86. The number of rotatable bonds is 6. The summed E-state index contributed by atoms with van der Waals surface area (Å²) in [4.78, 5) is 11.2. The molecular formula is C20H16F3N3O2. The molecule has 0 aliphatic rings. The van der Waals surface area contributed by atoms with Crippen molar-refractivity contribution in [2.45, 2.75) is 19.1 Å². The lowest BCUT2D eigenvalue weighted by Crippen LogP contribution is -2.20. The first kappa shape index (κ1) is 19.3. The molecule has 0 spiro atoms. The number of amides is 1. The van der Waals surface area contributed by atoms with Gasteiger partial charge in [0.05, 0.1) is 12.1 Å². The molecule has 1 heterocycles. The zero-order valence-electron chi connectivity index (χ0n) is 14.7. The number of halogens is 3. The fourth-order valence-corrected chi connectivity index (χ4v) is 2.58. The largest absolute Gasteiger partial charge is 0.419 e. The quantitative estimate of drug-likeness (QED) is 0.646. The molecule has 1 N–H and O–H groups in total. The Kier molecular flexibility index (Phi) is 5.58. The molecule has 0 saturated heterocycles. The molecular weight excluding hydrogens is 371 g/mol. The third-order valence-corrected chi connectivity index (χ3v) is 3.99. The van der Waals surface area contributed by atoms with Crippen molar-refractivity contribution >= 4 is 5.91 Å². The maximum absolute atomic E-state index is 12.7. The highest BCUT2D eigenvalue weighted by atomic mass is 19.4. The Morgan fingerprint density at radius 3 is 2.50 bits per heavy atom. The highest BCUT2D eigenvalue weighted by Crippen LogP contribution is 2.30. The number of aromatic nitrogens is 2. The van der Waals surface area contributed by atoms with Gasteiger partial charge in [-0.25, -0.2) is 0 Å².